The van der Waals surface area contributed by atoms with E-state index >= 15 is 0 Å². The largest absolute Gasteiger partial charge is 0.669 e. The number of hydrogen-bond acceptors (Lipinski definition) is 8. The van der Waals surface area contributed by atoms with Gasteiger partial charge in [0.15, 0.2) is 0 Å². The van der Waals surface area contributed by atoms with Crippen LogP contribution in [0.2, 0.25) is 5.82 Å². The van der Waals surface area contributed by atoms with Crippen LogP contribution in [0.1, 0.15) is 35.2 Å². The van der Waals surface area contributed by atoms with E-state index in [0.29, 0.717) is 25.1 Å². The molecule has 3 aliphatic rings. The summed E-state index contributed by atoms with van der Waals surface area (Å²) < 4.78 is 11.1. The zero-order valence-corrected chi connectivity index (χ0v) is 15.2. The minimum absolute atomic E-state index is 0.0506. The molecule has 1 saturated carbocycles. The van der Waals surface area contributed by atoms with E-state index in [-0.39, 0.29) is 35.6 Å². The molecule has 28 heavy (non-hydrogen) atoms. The Morgan fingerprint density at radius 1 is 1.36 bits per heavy atom. The van der Waals surface area contributed by atoms with Crippen molar-refractivity contribution in [1.29, 1.82) is 0 Å². The normalized spacial score (nSPS) is 27.4. The second-order valence-corrected chi connectivity index (χ2v) is 8.20. The van der Waals surface area contributed by atoms with Crippen LogP contribution in [0.5, 0.6) is 11.5 Å². The van der Waals surface area contributed by atoms with E-state index in [1.165, 1.54) is 6.92 Å². The van der Waals surface area contributed by atoms with Gasteiger partial charge in [-0.25, -0.2) is 4.79 Å². The molecule has 6 N–H and O–H groups in total. The molecule has 2 aliphatic heterocycles. The zero-order chi connectivity index (χ0) is 20.4. The van der Waals surface area contributed by atoms with Gasteiger partial charge in [-0.1, -0.05) is 18.3 Å². The van der Waals surface area contributed by atoms with E-state index in [1.807, 2.05) is 0 Å². The van der Waals surface area contributed by atoms with Gasteiger partial charge in [0.05, 0.1) is 5.75 Å². The first-order valence-electron chi connectivity index (χ1n) is 9.09. The maximum absolute atomic E-state index is 11.8. The molecule has 1 aromatic carbocycles. The van der Waals surface area contributed by atoms with Gasteiger partial charge in [-0.05, 0) is 24.5 Å². The first-order chi connectivity index (χ1) is 13.0. The number of ether oxygens (including phenoxy) is 1. The fraction of sp³-hybridized carbons (Fsp3) is 0.529. The molecule has 3 unspecified atom stereocenters. The zero-order valence-electron chi connectivity index (χ0n) is 15.2. The summed E-state index contributed by atoms with van der Waals surface area (Å²) in [6.07, 6.45) is 0.203. The van der Waals surface area contributed by atoms with Crippen LogP contribution >= 0.6 is 0 Å². The van der Waals surface area contributed by atoms with Gasteiger partial charge >= 0.3 is 18.7 Å². The van der Waals surface area contributed by atoms with Crippen molar-refractivity contribution < 1.29 is 39.2 Å². The molecule has 0 amide bonds. The summed E-state index contributed by atoms with van der Waals surface area (Å²) in [5.41, 5.74) is 4.76. The predicted molar refractivity (Wildman–Crippen MR) is 96.4 cm³/mol. The third kappa shape index (κ3) is 3.10. The van der Waals surface area contributed by atoms with Crippen LogP contribution in [0.15, 0.2) is 12.1 Å². The molecule has 10 nitrogen and oxygen atoms in total. The van der Waals surface area contributed by atoms with Crippen LogP contribution in [0.25, 0.3) is 0 Å². The van der Waals surface area contributed by atoms with Gasteiger partial charge in [0.1, 0.15) is 23.0 Å². The lowest BCUT2D eigenvalue weighted by atomic mass is 9.68. The monoisotopic (exact) mass is 393 g/mol. The highest BCUT2D eigenvalue weighted by molar-refractivity contribution is 6.62. The molecule has 2 heterocycles. The summed E-state index contributed by atoms with van der Waals surface area (Å²) in [5.74, 6) is -2.88. The van der Waals surface area contributed by atoms with Gasteiger partial charge in [0.2, 0.25) is 0 Å². The quantitative estimate of drug-likeness (QED) is 0.395. The topological polar surface area (TPSA) is 163 Å². The smallest absolute Gasteiger partial charge is 0.434 e. The lowest BCUT2D eigenvalue weighted by Gasteiger charge is -2.42. The minimum Gasteiger partial charge on any atom is -0.669 e. The fourth-order valence-corrected chi connectivity index (χ4v) is 4.05. The van der Waals surface area contributed by atoms with Gasteiger partial charge in [-0.15, -0.1) is 0 Å². The average Bonchev–Trinajstić information content (AvgIpc) is 3.33. The van der Waals surface area contributed by atoms with Gasteiger partial charge in [0, 0.05) is 19.6 Å². The van der Waals surface area contributed by atoms with Crippen LogP contribution < -0.4 is 15.1 Å². The Labute approximate surface area is 160 Å². The number of nitrogens with zero attached hydrogens (tertiary/aromatic N) is 1. The number of carboxylic acids is 2. The number of aromatic carboxylic acids is 1. The molecule has 1 saturated heterocycles. The van der Waals surface area contributed by atoms with Gasteiger partial charge in [-0.2, -0.15) is 0 Å². The van der Waals surface area contributed by atoms with Crippen molar-refractivity contribution >= 4 is 18.7 Å². The molecule has 0 bridgehead atoms. The summed E-state index contributed by atoms with van der Waals surface area (Å²) in [6.45, 7) is -0.727. The predicted octanol–water partition coefficient (Wildman–Crippen LogP) is -0.577. The molecular weight excluding hydrogens is 371 g/mol. The highest BCUT2D eigenvalue weighted by atomic mass is 16.6. The third-order valence-corrected chi connectivity index (χ3v) is 5.71. The lowest BCUT2D eigenvalue weighted by Crippen LogP contribution is -2.62. The molecule has 3 atom stereocenters. The molecule has 152 valence electrons. The van der Waals surface area contributed by atoms with Crippen LogP contribution in [-0.2, 0) is 4.79 Å². The van der Waals surface area contributed by atoms with Crippen molar-refractivity contribution in [2.75, 3.05) is 19.6 Å². The molecule has 4 rings (SSSR count). The number of hydrogen-bond donors (Lipinski definition) is 5. The summed E-state index contributed by atoms with van der Waals surface area (Å²) in [6, 6.07) is 3.26. The third-order valence-electron chi connectivity index (χ3n) is 5.71. The summed E-state index contributed by atoms with van der Waals surface area (Å²) in [4.78, 5) is 24.7. The molecule has 1 aromatic rings. The lowest BCUT2D eigenvalue weighted by molar-refractivity contribution is -0.144. The van der Waals surface area contributed by atoms with Crippen molar-refractivity contribution in [3.63, 3.8) is 0 Å². The van der Waals surface area contributed by atoms with Crippen molar-refractivity contribution in [3.8, 4) is 11.5 Å². The summed E-state index contributed by atoms with van der Waals surface area (Å²) >= 11 is 0. The number of carboxylic acid groups (broad SMARTS) is 2. The second kappa shape index (κ2) is 6.08. The number of nitrogens with two attached hydrogens (primary N) is 1. The number of carbonyl (C=O) groups is 2. The van der Waals surface area contributed by atoms with E-state index in [9.17, 15) is 24.7 Å². The van der Waals surface area contributed by atoms with Crippen molar-refractivity contribution in [2.24, 2.45) is 5.73 Å². The standard InChI is InChI=1S/C17H22BN2O8/c1-17(19,16(23)24)7-20-5-8(6-20)27-12-3-2-9-10-4-11(10)18(25,26)28-14(9)13(12)15(21)22/h2-3,8,10-11,25-26H,4-7,19H2,1H3,(H,21,22)(H,23,24)/q-1. The molecule has 11 heteroatoms. The van der Waals surface area contributed by atoms with E-state index < -0.39 is 30.0 Å². The van der Waals surface area contributed by atoms with Crippen LogP contribution in [0.4, 0.5) is 0 Å². The van der Waals surface area contributed by atoms with E-state index in [4.69, 9.17) is 20.2 Å². The first kappa shape index (κ1) is 19.0. The Bertz CT molecular complexity index is 852. The maximum Gasteiger partial charge on any atom is 0.434 e. The first-order valence-corrected chi connectivity index (χ1v) is 9.09. The minimum atomic E-state index is -3.09. The summed E-state index contributed by atoms with van der Waals surface area (Å²) in [7, 11) is 0. The maximum atomic E-state index is 11.8. The Morgan fingerprint density at radius 2 is 2.04 bits per heavy atom. The van der Waals surface area contributed by atoms with Crippen molar-refractivity contribution in [1.82, 2.24) is 4.90 Å². The summed E-state index contributed by atoms with van der Waals surface area (Å²) in [5, 5.41) is 38.8. The molecule has 0 radical (unpaired) electrons. The number of aliphatic carboxylic acids is 1. The Kier molecular flexibility index (Phi) is 4.13. The highest BCUT2D eigenvalue weighted by Crippen LogP contribution is 2.63. The van der Waals surface area contributed by atoms with Crippen molar-refractivity contribution in [2.45, 2.75) is 36.7 Å². The van der Waals surface area contributed by atoms with Gasteiger partial charge in [-0.3, -0.25) is 9.69 Å². The molecule has 1 aliphatic carbocycles. The Morgan fingerprint density at radius 3 is 2.64 bits per heavy atom. The number of likely N-dealkylation sites (tertiary alicyclic amines) is 1. The number of rotatable bonds is 6. The van der Waals surface area contributed by atoms with E-state index in [2.05, 4.69) is 0 Å². The van der Waals surface area contributed by atoms with Crippen LogP contribution in [0, 0.1) is 0 Å². The fourth-order valence-electron chi connectivity index (χ4n) is 4.05. The second-order valence-electron chi connectivity index (χ2n) is 8.20. The number of fused-ring (bicyclic) bond motifs is 3. The van der Waals surface area contributed by atoms with E-state index in [1.54, 1.807) is 17.0 Å². The van der Waals surface area contributed by atoms with Crippen LogP contribution in [-0.4, -0.2) is 75.1 Å². The van der Waals surface area contributed by atoms with Crippen LogP contribution in [0.3, 0.4) is 0 Å². The van der Waals surface area contributed by atoms with Gasteiger partial charge in [0.25, 0.3) is 0 Å². The Balaban J connectivity index is 1.50. The van der Waals surface area contributed by atoms with E-state index in [0.717, 1.165) is 0 Å². The van der Waals surface area contributed by atoms with Gasteiger partial charge < -0.3 is 35.4 Å². The Hall–Kier alpha value is -2.34. The molecule has 0 spiro atoms. The molecule has 2 fully saturated rings. The molecular formula is C17H22BN2O8-. The number of benzene rings is 1. The van der Waals surface area contributed by atoms with Crippen molar-refractivity contribution in [3.05, 3.63) is 23.3 Å². The highest BCUT2D eigenvalue weighted by Gasteiger charge is 2.55. The molecule has 0 aromatic heterocycles. The average molecular weight is 393 g/mol. The SMILES string of the molecule is CC(N)(CN1CC(Oc2ccc3c(c2C(=O)O)O[B-](O)(O)C2CC32)C1)C(=O)O.